The molecule has 0 bridgehead atoms. The van der Waals surface area contributed by atoms with Gasteiger partial charge in [0.15, 0.2) is 0 Å². The smallest absolute Gasteiger partial charge is 0.123 e. The van der Waals surface area contributed by atoms with Crippen molar-refractivity contribution in [2.75, 3.05) is 0 Å². The van der Waals surface area contributed by atoms with Crippen LogP contribution in [0.25, 0.3) is 10.6 Å². The fourth-order valence-corrected chi connectivity index (χ4v) is 2.57. The molecule has 72 valence electrons. The maximum absolute atomic E-state index is 5.69. The molecule has 0 spiro atoms. The summed E-state index contributed by atoms with van der Waals surface area (Å²) in [6, 6.07) is 8.10. The second kappa shape index (κ2) is 4.43. The highest BCUT2D eigenvalue weighted by molar-refractivity contribution is 9.10. The number of thiazole rings is 1. The Kier molecular flexibility index (Phi) is 3.21. The van der Waals surface area contributed by atoms with Gasteiger partial charge in [0, 0.05) is 15.4 Å². The quantitative estimate of drug-likeness (QED) is 0.750. The van der Waals surface area contributed by atoms with Crippen LogP contribution in [-0.2, 0) is 5.88 Å². The molecule has 1 heterocycles. The van der Waals surface area contributed by atoms with Crippen molar-refractivity contribution >= 4 is 38.9 Å². The van der Waals surface area contributed by atoms with Crippen molar-refractivity contribution in [1.29, 1.82) is 0 Å². The first-order valence-electron chi connectivity index (χ1n) is 4.06. The molecule has 2 rings (SSSR count). The molecule has 0 atom stereocenters. The SMILES string of the molecule is ClCc1csc(-c2cccc(Br)c2)n1. The molecule has 0 aliphatic heterocycles. The maximum Gasteiger partial charge on any atom is 0.123 e. The van der Waals surface area contributed by atoms with E-state index in [4.69, 9.17) is 11.6 Å². The highest BCUT2D eigenvalue weighted by Crippen LogP contribution is 2.26. The number of benzene rings is 1. The zero-order valence-corrected chi connectivity index (χ0v) is 10.4. The van der Waals surface area contributed by atoms with Gasteiger partial charge in [-0.3, -0.25) is 0 Å². The fourth-order valence-electron chi connectivity index (χ4n) is 1.12. The number of nitrogens with zero attached hydrogens (tertiary/aromatic N) is 1. The standard InChI is InChI=1S/C10H7BrClNS/c11-8-3-1-2-7(4-8)10-13-9(5-12)6-14-10/h1-4,6H,5H2. The van der Waals surface area contributed by atoms with Gasteiger partial charge in [-0.15, -0.1) is 22.9 Å². The lowest BCUT2D eigenvalue weighted by Gasteiger charge is -1.95. The second-order valence-electron chi connectivity index (χ2n) is 2.79. The van der Waals surface area contributed by atoms with E-state index in [9.17, 15) is 0 Å². The Bertz CT molecular complexity index is 441. The van der Waals surface area contributed by atoms with Crippen LogP contribution in [0.5, 0.6) is 0 Å². The summed E-state index contributed by atoms with van der Waals surface area (Å²) in [5.41, 5.74) is 2.06. The van der Waals surface area contributed by atoms with E-state index < -0.39 is 0 Å². The molecule has 4 heteroatoms. The minimum atomic E-state index is 0.477. The molecule has 1 aromatic heterocycles. The summed E-state index contributed by atoms with van der Waals surface area (Å²) in [7, 11) is 0. The Morgan fingerprint density at radius 2 is 2.29 bits per heavy atom. The van der Waals surface area contributed by atoms with E-state index in [0.29, 0.717) is 5.88 Å². The third-order valence-corrected chi connectivity index (χ3v) is 3.47. The third-order valence-electron chi connectivity index (χ3n) is 1.76. The normalized spacial score (nSPS) is 10.4. The number of rotatable bonds is 2. The van der Waals surface area contributed by atoms with E-state index in [2.05, 4.69) is 27.0 Å². The molecule has 0 amide bonds. The van der Waals surface area contributed by atoms with Gasteiger partial charge in [0.05, 0.1) is 11.6 Å². The predicted octanol–water partition coefficient (Wildman–Crippen LogP) is 4.31. The van der Waals surface area contributed by atoms with Gasteiger partial charge in [0.1, 0.15) is 5.01 Å². The van der Waals surface area contributed by atoms with Crippen LogP contribution in [0.15, 0.2) is 34.1 Å². The topological polar surface area (TPSA) is 12.9 Å². The number of hydrogen-bond donors (Lipinski definition) is 0. The van der Waals surface area contributed by atoms with Crippen molar-refractivity contribution in [3.63, 3.8) is 0 Å². The molecule has 0 saturated heterocycles. The third kappa shape index (κ3) is 2.16. The lowest BCUT2D eigenvalue weighted by Crippen LogP contribution is -1.79. The lowest BCUT2D eigenvalue weighted by atomic mass is 10.2. The van der Waals surface area contributed by atoms with E-state index in [0.717, 1.165) is 20.7 Å². The van der Waals surface area contributed by atoms with Gasteiger partial charge < -0.3 is 0 Å². The molecular weight excluding hydrogens is 282 g/mol. The minimum Gasteiger partial charge on any atom is -0.240 e. The van der Waals surface area contributed by atoms with E-state index in [-0.39, 0.29) is 0 Å². The molecule has 0 saturated carbocycles. The van der Waals surface area contributed by atoms with Crippen LogP contribution in [0.3, 0.4) is 0 Å². The van der Waals surface area contributed by atoms with Crippen LogP contribution >= 0.6 is 38.9 Å². The van der Waals surface area contributed by atoms with Crippen molar-refractivity contribution in [3.8, 4) is 10.6 Å². The molecule has 1 aromatic carbocycles. The molecule has 0 unspecified atom stereocenters. The van der Waals surface area contributed by atoms with E-state index >= 15 is 0 Å². The van der Waals surface area contributed by atoms with E-state index in [1.165, 1.54) is 0 Å². The molecule has 14 heavy (non-hydrogen) atoms. The molecule has 1 nitrogen and oxygen atoms in total. The van der Waals surface area contributed by atoms with Crippen LogP contribution in [0, 0.1) is 0 Å². The van der Waals surface area contributed by atoms with Gasteiger partial charge in [-0.05, 0) is 12.1 Å². The van der Waals surface area contributed by atoms with Gasteiger partial charge >= 0.3 is 0 Å². The number of aromatic nitrogens is 1. The van der Waals surface area contributed by atoms with E-state index in [1.807, 2.05) is 23.6 Å². The van der Waals surface area contributed by atoms with E-state index in [1.54, 1.807) is 11.3 Å². The van der Waals surface area contributed by atoms with Crippen LogP contribution in [0.2, 0.25) is 0 Å². The summed E-state index contributed by atoms with van der Waals surface area (Å²) in [6.45, 7) is 0. The maximum atomic E-state index is 5.69. The molecule has 0 fully saturated rings. The summed E-state index contributed by atoms with van der Waals surface area (Å²) < 4.78 is 1.07. The van der Waals surface area contributed by atoms with Gasteiger partial charge in [-0.25, -0.2) is 4.98 Å². The molecule has 0 N–H and O–H groups in total. The number of hydrogen-bond acceptors (Lipinski definition) is 2. The Morgan fingerprint density at radius 3 is 2.93 bits per heavy atom. The Balaban J connectivity index is 2.39. The summed E-state index contributed by atoms with van der Waals surface area (Å²) in [4.78, 5) is 4.41. The van der Waals surface area contributed by atoms with Crippen molar-refractivity contribution in [1.82, 2.24) is 4.98 Å². The van der Waals surface area contributed by atoms with Crippen LogP contribution in [0.1, 0.15) is 5.69 Å². The summed E-state index contributed by atoms with van der Waals surface area (Å²) in [5, 5.41) is 3.01. The first-order chi connectivity index (χ1) is 6.79. The molecule has 0 aliphatic rings. The Morgan fingerprint density at radius 1 is 1.43 bits per heavy atom. The monoisotopic (exact) mass is 287 g/mol. The highest BCUT2D eigenvalue weighted by atomic mass is 79.9. The minimum absolute atomic E-state index is 0.477. The highest BCUT2D eigenvalue weighted by Gasteiger charge is 2.03. The van der Waals surface area contributed by atoms with Crippen molar-refractivity contribution in [3.05, 3.63) is 39.8 Å². The average molecular weight is 289 g/mol. The van der Waals surface area contributed by atoms with Crippen LogP contribution < -0.4 is 0 Å². The van der Waals surface area contributed by atoms with Crippen LogP contribution in [-0.4, -0.2) is 4.98 Å². The van der Waals surface area contributed by atoms with Gasteiger partial charge in [-0.2, -0.15) is 0 Å². The molecule has 2 aromatic rings. The van der Waals surface area contributed by atoms with Crippen molar-refractivity contribution < 1.29 is 0 Å². The Labute approximate surface area is 99.9 Å². The van der Waals surface area contributed by atoms with Crippen LogP contribution in [0.4, 0.5) is 0 Å². The largest absolute Gasteiger partial charge is 0.240 e. The number of halogens is 2. The lowest BCUT2D eigenvalue weighted by molar-refractivity contribution is 1.23. The summed E-state index contributed by atoms with van der Waals surface area (Å²) in [5.74, 6) is 0.477. The fraction of sp³-hybridized carbons (Fsp3) is 0.100. The van der Waals surface area contributed by atoms with Crippen molar-refractivity contribution in [2.24, 2.45) is 0 Å². The first-order valence-corrected chi connectivity index (χ1v) is 6.26. The Hall–Kier alpha value is -0.380. The first kappa shape index (κ1) is 10.1. The number of alkyl halides is 1. The molecular formula is C10H7BrClNS. The zero-order chi connectivity index (χ0) is 9.97. The average Bonchev–Trinajstić information content (AvgIpc) is 2.66. The predicted molar refractivity (Wildman–Crippen MR) is 64.8 cm³/mol. The second-order valence-corrected chi connectivity index (χ2v) is 4.83. The molecule has 0 aliphatic carbocycles. The van der Waals surface area contributed by atoms with Gasteiger partial charge in [0.2, 0.25) is 0 Å². The zero-order valence-electron chi connectivity index (χ0n) is 7.21. The van der Waals surface area contributed by atoms with Gasteiger partial charge in [-0.1, -0.05) is 28.1 Å². The van der Waals surface area contributed by atoms with Gasteiger partial charge in [0.25, 0.3) is 0 Å². The summed E-state index contributed by atoms with van der Waals surface area (Å²) in [6.07, 6.45) is 0. The molecule has 0 radical (unpaired) electrons. The van der Waals surface area contributed by atoms with Crippen molar-refractivity contribution in [2.45, 2.75) is 5.88 Å². The summed E-state index contributed by atoms with van der Waals surface area (Å²) >= 11 is 10.7.